The average molecular weight is 257 g/mol. The minimum Gasteiger partial charge on any atom is -0.379 e. The fourth-order valence-corrected chi connectivity index (χ4v) is 2.45. The van der Waals surface area contributed by atoms with Crippen molar-refractivity contribution in [3.05, 3.63) is 0 Å². The maximum absolute atomic E-state index is 12.2. The zero-order valence-corrected chi connectivity index (χ0v) is 13.2. The summed E-state index contributed by atoms with van der Waals surface area (Å²) >= 11 is 0. The maximum Gasteiger partial charge on any atom is 0.222 e. The van der Waals surface area contributed by atoms with E-state index in [2.05, 4.69) is 34.6 Å². The molecule has 0 radical (unpaired) electrons. The highest BCUT2D eigenvalue weighted by atomic mass is 16.5. The van der Waals surface area contributed by atoms with E-state index in [0.29, 0.717) is 18.3 Å². The molecule has 18 heavy (non-hydrogen) atoms. The Morgan fingerprint density at radius 3 is 2.06 bits per heavy atom. The lowest BCUT2D eigenvalue weighted by Gasteiger charge is -2.37. The number of carbonyl (C=O) groups is 1. The number of amides is 1. The molecule has 3 heteroatoms. The summed E-state index contributed by atoms with van der Waals surface area (Å²) < 4.78 is 5.57. The maximum atomic E-state index is 12.2. The van der Waals surface area contributed by atoms with Gasteiger partial charge in [0, 0.05) is 20.6 Å². The van der Waals surface area contributed by atoms with Gasteiger partial charge in [-0.15, -0.1) is 0 Å². The van der Waals surface area contributed by atoms with Crippen LogP contribution in [0.1, 0.15) is 53.9 Å². The molecule has 108 valence electrons. The number of methoxy groups -OCH3 is 1. The SMILES string of the molecule is CCC(C)C(C(CC)OC)N(C)C(=O)CC(C)C. The van der Waals surface area contributed by atoms with Crippen molar-refractivity contribution in [1.82, 2.24) is 4.90 Å². The van der Waals surface area contributed by atoms with Crippen LogP contribution < -0.4 is 0 Å². The van der Waals surface area contributed by atoms with Gasteiger partial charge < -0.3 is 9.64 Å². The van der Waals surface area contributed by atoms with E-state index in [0.717, 1.165) is 12.8 Å². The third-order valence-corrected chi connectivity index (χ3v) is 3.74. The molecule has 0 aliphatic carbocycles. The topological polar surface area (TPSA) is 29.5 Å². The normalized spacial score (nSPS) is 16.4. The van der Waals surface area contributed by atoms with Crippen LogP contribution in [-0.2, 0) is 9.53 Å². The van der Waals surface area contributed by atoms with Crippen molar-refractivity contribution in [3.63, 3.8) is 0 Å². The summed E-state index contributed by atoms with van der Waals surface area (Å²) in [5, 5.41) is 0. The molecule has 0 saturated carbocycles. The van der Waals surface area contributed by atoms with E-state index >= 15 is 0 Å². The molecule has 0 heterocycles. The quantitative estimate of drug-likeness (QED) is 0.667. The molecule has 0 N–H and O–H groups in total. The van der Waals surface area contributed by atoms with E-state index in [1.54, 1.807) is 7.11 Å². The summed E-state index contributed by atoms with van der Waals surface area (Å²) in [5.41, 5.74) is 0. The second-order valence-electron chi connectivity index (χ2n) is 5.66. The standard InChI is InChI=1S/C15H31NO2/c1-8-12(5)15(13(9-2)18-7)16(6)14(17)10-11(3)4/h11-13,15H,8-10H2,1-7H3. The lowest BCUT2D eigenvalue weighted by atomic mass is 9.91. The molecule has 0 aromatic rings. The number of likely N-dealkylation sites (N-methyl/N-ethyl adjacent to an activating group) is 1. The molecule has 0 aliphatic rings. The van der Waals surface area contributed by atoms with Gasteiger partial charge in [0.15, 0.2) is 0 Å². The predicted molar refractivity (Wildman–Crippen MR) is 76.6 cm³/mol. The van der Waals surface area contributed by atoms with Crippen molar-refractivity contribution >= 4 is 5.91 Å². The Bertz CT molecular complexity index is 237. The number of rotatable bonds is 8. The minimum absolute atomic E-state index is 0.126. The summed E-state index contributed by atoms with van der Waals surface area (Å²) in [6.45, 7) is 10.6. The van der Waals surface area contributed by atoms with Crippen molar-refractivity contribution < 1.29 is 9.53 Å². The van der Waals surface area contributed by atoms with Crippen LogP contribution in [0.4, 0.5) is 0 Å². The number of hydrogen-bond donors (Lipinski definition) is 0. The summed E-state index contributed by atoms with van der Waals surface area (Å²) in [6, 6.07) is 0.177. The number of ether oxygens (including phenoxy) is 1. The molecule has 0 rings (SSSR count). The van der Waals surface area contributed by atoms with Gasteiger partial charge in [0.2, 0.25) is 5.91 Å². The molecule has 0 aromatic carbocycles. The molecule has 0 aromatic heterocycles. The first-order chi connectivity index (χ1) is 8.38. The van der Waals surface area contributed by atoms with Crippen molar-refractivity contribution in [3.8, 4) is 0 Å². The molecular weight excluding hydrogens is 226 g/mol. The molecule has 0 aliphatic heterocycles. The summed E-state index contributed by atoms with van der Waals surface area (Å²) in [7, 11) is 3.66. The van der Waals surface area contributed by atoms with Crippen LogP contribution in [0.15, 0.2) is 0 Å². The fraction of sp³-hybridized carbons (Fsp3) is 0.933. The van der Waals surface area contributed by atoms with Crippen molar-refractivity contribution in [2.75, 3.05) is 14.2 Å². The number of carbonyl (C=O) groups excluding carboxylic acids is 1. The van der Waals surface area contributed by atoms with Crippen LogP contribution >= 0.6 is 0 Å². The van der Waals surface area contributed by atoms with E-state index in [1.165, 1.54) is 0 Å². The van der Waals surface area contributed by atoms with Gasteiger partial charge in [-0.25, -0.2) is 0 Å². The van der Waals surface area contributed by atoms with Crippen LogP contribution in [-0.4, -0.2) is 37.1 Å². The lowest BCUT2D eigenvalue weighted by Crippen LogP contribution is -2.49. The van der Waals surface area contributed by atoms with E-state index < -0.39 is 0 Å². The molecule has 0 spiro atoms. The Hall–Kier alpha value is -0.570. The Morgan fingerprint density at radius 2 is 1.72 bits per heavy atom. The first-order valence-electron chi connectivity index (χ1n) is 7.17. The molecule has 0 bridgehead atoms. The summed E-state index contributed by atoms with van der Waals surface area (Å²) in [5.74, 6) is 1.09. The highest BCUT2D eigenvalue weighted by Gasteiger charge is 2.31. The first kappa shape index (κ1) is 17.4. The minimum atomic E-state index is 0.126. The Morgan fingerprint density at radius 1 is 1.17 bits per heavy atom. The zero-order chi connectivity index (χ0) is 14.3. The summed E-state index contributed by atoms with van der Waals surface area (Å²) in [4.78, 5) is 14.1. The Labute approximate surface area is 113 Å². The molecule has 1 amide bonds. The lowest BCUT2D eigenvalue weighted by molar-refractivity contribution is -0.137. The highest BCUT2D eigenvalue weighted by molar-refractivity contribution is 5.76. The average Bonchev–Trinajstić information content (AvgIpc) is 2.33. The van der Waals surface area contributed by atoms with Gasteiger partial charge >= 0.3 is 0 Å². The Balaban J connectivity index is 4.89. The van der Waals surface area contributed by atoms with Gasteiger partial charge in [-0.05, 0) is 18.3 Å². The third kappa shape index (κ3) is 4.97. The van der Waals surface area contributed by atoms with Crippen LogP contribution in [0.3, 0.4) is 0 Å². The van der Waals surface area contributed by atoms with E-state index in [4.69, 9.17) is 4.74 Å². The van der Waals surface area contributed by atoms with Gasteiger partial charge in [-0.2, -0.15) is 0 Å². The van der Waals surface area contributed by atoms with Gasteiger partial charge in [0.1, 0.15) is 0 Å². The fourth-order valence-electron chi connectivity index (χ4n) is 2.45. The monoisotopic (exact) mass is 257 g/mol. The zero-order valence-electron chi connectivity index (χ0n) is 13.2. The predicted octanol–water partition coefficient (Wildman–Crippen LogP) is 3.33. The number of hydrogen-bond acceptors (Lipinski definition) is 2. The second-order valence-corrected chi connectivity index (χ2v) is 5.66. The highest BCUT2D eigenvalue weighted by Crippen LogP contribution is 2.22. The smallest absolute Gasteiger partial charge is 0.222 e. The molecule has 3 unspecified atom stereocenters. The first-order valence-corrected chi connectivity index (χ1v) is 7.17. The number of nitrogens with zero attached hydrogens (tertiary/aromatic N) is 1. The summed E-state index contributed by atoms with van der Waals surface area (Å²) in [6.07, 6.45) is 2.74. The largest absolute Gasteiger partial charge is 0.379 e. The molecular formula is C15H31NO2. The second kappa shape index (κ2) is 8.52. The van der Waals surface area contributed by atoms with Gasteiger partial charge in [-0.1, -0.05) is 41.0 Å². The third-order valence-electron chi connectivity index (χ3n) is 3.74. The van der Waals surface area contributed by atoms with Crippen LogP contribution in [0.2, 0.25) is 0 Å². The van der Waals surface area contributed by atoms with Crippen LogP contribution in [0, 0.1) is 11.8 Å². The van der Waals surface area contributed by atoms with Crippen molar-refractivity contribution in [2.24, 2.45) is 11.8 Å². The van der Waals surface area contributed by atoms with Gasteiger partial charge in [0.05, 0.1) is 12.1 Å². The molecule has 0 fully saturated rings. The molecule has 3 atom stereocenters. The van der Waals surface area contributed by atoms with Crippen molar-refractivity contribution in [2.45, 2.75) is 66.0 Å². The van der Waals surface area contributed by atoms with E-state index in [9.17, 15) is 4.79 Å². The van der Waals surface area contributed by atoms with E-state index in [-0.39, 0.29) is 18.1 Å². The molecule has 3 nitrogen and oxygen atoms in total. The van der Waals surface area contributed by atoms with Crippen LogP contribution in [0.5, 0.6) is 0 Å². The van der Waals surface area contributed by atoms with Gasteiger partial charge in [-0.3, -0.25) is 4.79 Å². The van der Waals surface area contributed by atoms with Crippen molar-refractivity contribution in [1.29, 1.82) is 0 Å². The van der Waals surface area contributed by atoms with E-state index in [1.807, 2.05) is 11.9 Å². The Kier molecular flexibility index (Phi) is 8.25. The van der Waals surface area contributed by atoms with Crippen LogP contribution in [0.25, 0.3) is 0 Å². The van der Waals surface area contributed by atoms with Gasteiger partial charge in [0.25, 0.3) is 0 Å². The molecule has 0 saturated heterocycles.